The molecule has 3 fully saturated rings. The Morgan fingerprint density at radius 1 is 1.14 bits per heavy atom. The van der Waals surface area contributed by atoms with Gasteiger partial charge in [0, 0.05) is 51.6 Å². The lowest BCUT2D eigenvalue weighted by atomic mass is 9.74. The van der Waals surface area contributed by atoms with Crippen molar-refractivity contribution in [2.45, 2.75) is 51.1 Å². The smallest absolute Gasteiger partial charge is 0.224 e. The SMILES string of the molecule is COc1ccc([C@H]2CCC[C@H]3[C@@H]4C[C@@H](CN(C(=O)CCNC(C)=O)C4)CN23)cc1. The molecule has 2 amide bonds. The summed E-state index contributed by atoms with van der Waals surface area (Å²) in [4.78, 5) is 28.5. The van der Waals surface area contributed by atoms with Crippen LogP contribution in [-0.2, 0) is 9.59 Å². The lowest BCUT2D eigenvalue weighted by molar-refractivity contribution is -0.139. The van der Waals surface area contributed by atoms with E-state index in [1.165, 1.54) is 38.2 Å². The van der Waals surface area contributed by atoms with Crippen LogP contribution in [0.5, 0.6) is 5.75 Å². The third kappa shape index (κ3) is 4.42. The summed E-state index contributed by atoms with van der Waals surface area (Å²) in [6, 6.07) is 9.62. The van der Waals surface area contributed by atoms with Crippen molar-refractivity contribution in [2.24, 2.45) is 11.8 Å². The Morgan fingerprint density at radius 3 is 2.66 bits per heavy atom. The zero-order valence-electron chi connectivity index (χ0n) is 17.6. The minimum absolute atomic E-state index is 0.0734. The second-order valence-corrected chi connectivity index (χ2v) is 8.88. The van der Waals surface area contributed by atoms with Crippen molar-refractivity contribution in [2.75, 3.05) is 33.3 Å². The van der Waals surface area contributed by atoms with E-state index in [2.05, 4.69) is 39.4 Å². The fourth-order valence-electron chi connectivity index (χ4n) is 5.70. The molecule has 158 valence electrons. The summed E-state index contributed by atoms with van der Waals surface area (Å²) in [6.45, 7) is 4.73. The first-order valence-electron chi connectivity index (χ1n) is 11.0. The van der Waals surface area contributed by atoms with Gasteiger partial charge in [0.2, 0.25) is 11.8 Å². The van der Waals surface area contributed by atoms with Crippen LogP contribution in [0.1, 0.15) is 50.6 Å². The number of carbonyl (C=O) groups excluding carboxylic acids is 2. The monoisotopic (exact) mass is 399 g/mol. The minimum Gasteiger partial charge on any atom is -0.497 e. The van der Waals surface area contributed by atoms with Crippen LogP contribution >= 0.6 is 0 Å². The molecular formula is C23H33N3O3. The number of piperidine rings is 3. The molecule has 4 rings (SSSR count). The van der Waals surface area contributed by atoms with Crippen LogP contribution in [0.25, 0.3) is 0 Å². The number of nitrogens with zero attached hydrogens (tertiary/aromatic N) is 2. The number of hydrogen-bond donors (Lipinski definition) is 1. The maximum atomic E-state index is 12.7. The number of nitrogens with one attached hydrogen (secondary N) is 1. The maximum absolute atomic E-state index is 12.7. The Morgan fingerprint density at radius 2 is 1.93 bits per heavy atom. The van der Waals surface area contributed by atoms with E-state index in [0.29, 0.717) is 36.9 Å². The summed E-state index contributed by atoms with van der Waals surface area (Å²) in [5.74, 6) is 2.13. The number of amides is 2. The molecule has 6 heteroatoms. The fourth-order valence-corrected chi connectivity index (χ4v) is 5.70. The molecule has 29 heavy (non-hydrogen) atoms. The second-order valence-electron chi connectivity index (χ2n) is 8.88. The molecule has 3 aliphatic heterocycles. The van der Waals surface area contributed by atoms with E-state index < -0.39 is 0 Å². The van der Waals surface area contributed by atoms with Crippen molar-refractivity contribution in [3.63, 3.8) is 0 Å². The van der Waals surface area contributed by atoms with E-state index in [9.17, 15) is 9.59 Å². The average Bonchev–Trinajstić information content (AvgIpc) is 2.73. The van der Waals surface area contributed by atoms with Crippen molar-refractivity contribution in [1.82, 2.24) is 15.1 Å². The number of hydrogen-bond acceptors (Lipinski definition) is 4. The normalized spacial score (nSPS) is 29.1. The minimum atomic E-state index is -0.0734. The van der Waals surface area contributed by atoms with Crippen LogP contribution < -0.4 is 10.1 Å². The third-order valence-corrected chi connectivity index (χ3v) is 6.95. The van der Waals surface area contributed by atoms with Gasteiger partial charge in [-0.2, -0.15) is 0 Å². The Labute approximate surface area is 173 Å². The molecule has 1 N–H and O–H groups in total. The highest BCUT2D eigenvalue weighted by Gasteiger charge is 2.45. The van der Waals surface area contributed by atoms with Crippen molar-refractivity contribution < 1.29 is 14.3 Å². The first kappa shape index (κ1) is 20.2. The molecule has 3 aliphatic rings. The molecule has 1 aromatic carbocycles. The van der Waals surface area contributed by atoms with Gasteiger partial charge in [0.05, 0.1) is 7.11 Å². The molecule has 0 unspecified atom stereocenters. The highest BCUT2D eigenvalue weighted by Crippen LogP contribution is 2.44. The summed E-state index contributed by atoms with van der Waals surface area (Å²) in [6.07, 6.45) is 5.34. The molecule has 0 saturated carbocycles. The maximum Gasteiger partial charge on any atom is 0.224 e. The van der Waals surface area contributed by atoms with Gasteiger partial charge < -0.3 is 15.0 Å². The Kier molecular flexibility index (Phi) is 6.09. The van der Waals surface area contributed by atoms with E-state index in [-0.39, 0.29) is 11.8 Å². The number of methoxy groups -OCH3 is 1. The van der Waals surface area contributed by atoms with E-state index in [0.717, 1.165) is 25.4 Å². The molecule has 2 bridgehead atoms. The van der Waals surface area contributed by atoms with Gasteiger partial charge in [0.25, 0.3) is 0 Å². The molecule has 6 nitrogen and oxygen atoms in total. The number of likely N-dealkylation sites (tertiary alicyclic amines) is 1. The van der Waals surface area contributed by atoms with Crippen molar-refractivity contribution in [1.29, 1.82) is 0 Å². The van der Waals surface area contributed by atoms with Crippen LogP contribution in [0.15, 0.2) is 24.3 Å². The van der Waals surface area contributed by atoms with Crippen molar-refractivity contribution in [3.05, 3.63) is 29.8 Å². The zero-order valence-corrected chi connectivity index (χ0v) is 17.6. The first-order valence-corrected chi connectivity index (χ1v) is 11.0. The summed E-state index contributed by atoms with van der Waals surface area (Å²) in [5.41, 5.74) is 1.39. The molecule has 0 radical (unpaired) electrons. The predicted octanol–water partition coefficient (Wildman–Crippen LogP) is 2.60. The number of benzene rings is 1. The fraction of sp³-hybridized carbons (Fsp3) is 0.652. The molecule has 0 aliphatic carbocycles. The Hall–Kier alpha value is -2.08. The van der Waals surface area contributed by atoms with Crippen LogP contribution in [-0.4, -0.2) is 60.9 Å². The van der Waals surface area contributed by atoms with Gasteiger partial charge in [-0.25, -0.2) is 0 Å². The van der Waals surface area contributed by atoms with Crippen LogP contribution in [0, 0.1) is 11.8 Å². The van der Waals surface area contributed by atoms with Crippen molar-refractivity contribution >= 4 is 11.8 Å². The van der Waals surface area contributed by atoms with Gasteiger partial charge in [0.1, 0.15) is 5.75 Å². The summed E-state index contributed by atoms with van der Waals surface area (Å²) < 4.78 is 5.32. The Bertz CT molecular complexity index is 735. The standard InChI is InChI=1S/C23H33N3O3/c1-16(27)24-11-10-23(28)25-13-17-12-19(15-25)22-5-3-4-21(26(22)14-17)18-6-8-20(29-2)9-7-18/h6-9,17,19,21-22H,3-5,10-15H2,1-2H3,(H,24,27)/t17-,19+,21+,22-/m0/s1. The molecule has 0 spiro atoms. The van der Waals surface area contributed by atoms with E-state index >= 15 is 0 Å². The summed E-state index contributed by atoms with van der Waals surface area (Å²) in [5, 5.41) is 2.74. The number of fused-ring (bicyclic) bond motifs is 4. The third-order valence-electron chi connectivity index (χ3n) is 6.95. The number of rotatable bonds is 5. The predicted molar refractivity (Wildman–Crippen MR) is 112 cm³/mol. The largest absolute Gasteiger partial charge is 0.497 e. The van der Waals surface area contributed by atoms with Crippen molar-refractivity contribution in [3.8, 4) is 5.75 Å². The quantitative estimate of drug-likeness (QED) is 0.827. The van der Waals surface area contributed by atoms with Gasteiger partial charge in [-0.3, -0.25) is 14.5 Å². The van der Waals surface area contributed by atoms with Crippen LogP contribution in [0.2, 0.25) is 0 Å². The molecule has 1 aromatic rings. The van der Waals surface area contributed by atoms with Crippen LogP contribution in [0.4, 0.5) is 0 Å². The van der Waals surface area contributed by atoms with Gasteiger partial charge in [-0.1, -0.05) is 12.1 Å². The van der Waals surface area contributed by atoms with Gasteiger partial charge in [-0.15, -0.1) is 0 Å². The number of carbonyl (C=O) groups is 2. The van der Waals surface area contributed by atoms with E-state index in [1.54, 1.807) is 7.11 Å². The van der Waals surface area contributed by atoms with Gasteiger partial charge in [-0.05, 0) is 55.2 Å². The van der Waals surface area contributed by atoms with Gasteiger partial charge >= 0.3 is 0 Å². The van der Waals surface area contributed by atoms with E-state index in [4.69, 9.17) is 4.74 Å². The molecule has 3 heterocycles. The highest BCUT2D eigenvalue weighted by molar-refractivity contribution is 5.78. The second kappa shape index (κ2) is 8.74. The van der Waals surface area contributed by atoms with Gasteiger partial charge in [0.15, 0.2) is 0 Å². The molecular weight excluding hydrogens is 366 g/mol. The lowest BCUT2D eigenvalue weighted by Crippen LogP contribution is -2.60. The average molecular weight is 400 g/mol. The molecule has 3 saturated heterocycles. The summed E-state index contributed by atoms with van der Waals surface area (Å²) >= 11 is 0. The molecule has 0 aromatic heterocycles. The summed E-state index contributed by atoms with van der Waals surface area (Å²) in [7, 11) is 1.71. The Balaban J connectivity index is 1.42. The molecule has 4 atom stereocenters. The van der Waals surface area contributed by atoms with Crippen LogP contribution in [0.3, 0.4) is 0 Å². The zero-order chi connectivity index (χ0) is 20.4. The lowest BCUT2D eigenvalue weighted by Gasteiger charge is -2.55. The number of ether oxygens (including phenoxy) is 1. The highest BCUT2D eigenvalue weighted by atomic mass is 16.5. The van der Waals surface area contributed by atoms with E-state index in [1.807, 2.05) is 0 Å². The first-order chi connectivity index (χ1) is 14.0. The topological polar surface area (TPSA) is 61.9 Å².